The highest BCUT2D eigenvalue weighted by Crippen LogP contribution is 2.54. The Hall–Kier alpha value is -0.910. The topological polar surface area (TPSA) is 49.8 Å². The van der Waals surface area contributed by atoms with Gasteiger partial charge in [-0.25, -0.2) is 0 Å². The number of aliphatic hydroxyl groups excluding tert-OH is 1. The average Bonchev–Trinajstić information content (AvgIpc) is 3.27. The lowest BCUT2D eigenvalue weighted by Crippen LogP contribution is -2.62. The summed E-state index contributed by atoms with van der Waals surface area (Å²) in [5.74, 6) is 0.952. The number of rotatable bonds is 4. The van der Waals surface area contributed by atoms with Crippen molar-refractivity contribution in [2.24, 2.45) is 11.3 Å². The Morgan fingerprint density at radius 3 is 2.75 bits per heavy atom. The van der Waals surface area contributed by atoms with Gasteiger partial charge >= 0.3 is 0 Å². The van der Waals surface area contributed by atoms with Crippen LogP contribution in [0.2, 0.25) is 0 Å². The van der Waals surface area contributed by atoms with Crippen LogP contribution in [-0.2, 0) is 9.53 Å². The number of hydrogen-bond donors (Lipinski definition) is 1. The summed E-state index contributed by atoms with van der Waals surface area (Å²) in [6, 6.07) is 2.15. The van der Waals surface area contributed by atoms with E-state index in [2.05, 4.69) is 18.4 Å². The smallest absolute Gasteiger partial charge is 0.226 e. The Labute approximate surface area is 147 Å². The maximum atomic E-state index is 12.8. The molecule has 4 unspecified atom stereocenters. The van der Waals surface area contributed by atoms with Crippen LogP contribution in [-0.4, -0.2) is 47.8 Å². The van der Waals surface area contributed by atoms with Gasteiger partial charge in [0, 0.05) is 48.2 Å². The van der Waals surface area contributed by atoms with Crippen molar-refractivity contribution in [3.05, 3.63) is 21.9 Å². The van der Waals surface area contributed by atoms with E-state index in [1.165, 1.54) is 10.4 Å². The number of carbonyl (C=O) groups excluding carboxylic acids is 1. The van der Waals surface area contributed by atoms with E-state index < -0.39 is 0 Å². The lowest BCUT2D eigenvalue weighted by atomic mass is 9.58. The molecule has 2 saturated carbocycles. The molecule has 2 aliphatic carbocycles. The largest absolute Gasteiger partial charge is 0.392 e. The summed E-state index contributed by atoms with van der Waals surface area (Å²) in [6.45, 7) is 6.39. The molecule has 1 spiro atoms. The quantitative estimate of drug-likeness (QED) is 0.909. The van der Waals surface area contributed by atoms with E-state index in [-0.39, 0.29) is 23.5 Å². The Morgan fingerprint density at radius 2 is 2.17 bits per heavy atom. The van der Waals surface area contributed by atoms with Crippen LogP contribution < -0.4 is 0 Å². The van der Waals surface area contributed by atoms with E-state index in [1.54, 1.807) is 11.3 Å². The van der Waals surface area contributed by atoms with Crippen LogP contribution in [0.15, 0.2) is 11.4 Å². The van der Waals surface area contributed by atoms with Gasteiger partial charge in [-0.2, -0.15) is 0 Å². The molecule has 0 aromatic carbocycles. The van der Waals surface area contributed by atoms with Gasteiger partial charge in [0.2, 0.25) is 5.91 Å². The molecule has 2 heterocycles. The molecule has 1 amide bonds. The summed E-state index contributed by atoms with van der Waals surface area (Å²) in [5, 5.41) is 12.4. The van der Waals surface area contributed by atoms with Crippen molar-refractivity contribution in [3.63, 3.8) is 0 Å². The molecule has 1 saturated heterocycles. The minimum absolute atomic E-state index is 0.0971. The first kappa shape index (κ1) is 16.6. The minimum atomic E-state index is -0.256. The summed E-state index contributed by atoms with van der Waals surface area (Å²) in [4.78, 5) is 16.3. The lowest BCUT2D eigenvalue weighted by Gasteiger charge is -2.56. The predicted octanol–water partition coefficient (Wildman–Crippen LogP) is 2.94. The van der Waals surface area contributed by atoms with Crippen LogP contribution in [0.1, 0.15) is 49.0 Å². The number of carbonyl (C=O) groups is 1. The number of likely N-dealkylation sites (tertiary alicyclic amines) is 1. The van der Waals surface area contributed by atoms with Gasteiger partial charge < -0.3 is 14.7 Å². The van der Waals surface area contributed by atoms with Crippen LogP contribution in [0.25, 0.3) is 0 Å². The fourth-order valence-electron chi connectivity index (χ4n) is 4.72. The van der Waals surface area contributed by atoms with E-state index in [4.69, 9.17) is 4.74 Å². The molecule has 4 atom stereocenters. The van der Waals surface area contributed by atoms with E-state index in [1.807, 2.05) is 11.8 Å². The zero-order valence-corrected chi connectivity index (χ0v) is 15.3. The van der Waals surface area contributed by atoms with Crippen molar-refractivity contribution in [1.29, 1.82) is 0 Å². The molecular formula is C19H27NO3S. The third-order valence-corrected chi connectivity index (χ3v) is 7.61. The van der Waals surface area contributed by atoms with Crippen molar-refractivity contribution < 1.29 is 14.6 Å². The molecule has 0 radical (unpaired) electrons. The van der Waals surface area contributed by atoms with Crippen molar-refractivity contribution in [3.8, 4) is 0 Å². The zero-order chi connectivity index (χ0) is 16.9. The first-order valence-corrected chi connectivity index (χ1v) is 10.1. The Morgan fingerprint density at radius 1 is 1.42 bits per heavy atom. The van der Waals surface area contributed by atoms with Crippen molar-refractivity contribution in [1.82, 2.24) is 4.90 Å². The Balaban J connectivity index is 1.35. The van der Waals surface area contributed by atoms with E-state index in [0.717, 1.165) is 38.8 Å². The lowest BCUT2D eigenvalue weighted by molar-refractivity contribution is -0.210. The summed E-state index contributed by atoms with van der Waals surface area (Å²) < 4.78 is 5.81. The van der Waals surface area contributed by atoms with Gasteiger partial charge in [-0.15, -0.1) is 11.3 Å². The third-order valence-electron chi connectivity index (χ3n) is 6.46. The van der Waals surface area contributed by atoms with Gasteiger partial charge in [0.25, 0.3) is 0 Å². The number of piperidine rings is 1. The molecule has 1 aromatic heterocycles. The van der Waals surface area contributed by atoms with Crippen LogP contribution in [0.3, 0.4) is 0 Å². The Kier molecular flexibility index (Phi) is 4.22. The van der Waals surface area contributed by atoms with E-state index in [9.17, 15) is 9.90 Å². The molecule has 1 aromatic rings. The zero-order valence-electron chi connectivity index (χ0n) is 14.5. The van der Waals surface area contributed by atoms with Gasteiger partial charge in [-0.3, -0.25) is 4.79 Å². The summed E-state index contributed by atoms with van der Waals surface area (Å²) >= 11 is 1.79. The number of ether oxygens (including phenoxy) is 1. The van der Waals surface area contributed by atoms with Gasteiger partial charge in [0.15, 0.2) is 0 Å². The molecule has 0 bridgehead atoms. The monoisotopic (exact) mass is 349 g/mol. The van der Waals surface area contributed by atoms with Crippen molar-refractivity contribution in [2.45, 2.75) is 57.7 Å². The minimum Gasteiger partial charge on any atom is -0.392 e. The highest BCUT2D eigenvalue weighted by Gasteiger charge is 2.57. The number of amides is 1. The fourth-order valence-corrected chi connectivity index (χ4v) is 5.82. The SMILES string of the molecule is CCOC1CC(O)C12CCN(C(=O)C1CC1c1sccc1C)CC2. The molecule has 5 heteroatoms. The first-order chi connectivity index (χ1) is 11.6. The van der Waals surface area contributed by atoms with Gasteiger partial charge in [0.05, 0.1) is 12.2 Å². The summed E-state index contributed by atoms with van der Waals surface area (Å²) in [5.41, 5.74) is 1.23. The van der Waals surface area contributed by atoms with Crippen LogP contribution >= 0.6 is 11.3 Å². The first-order valence-electron chi connectivity index (χ1n) is 9.19. The standard InChI is InChI=1S/C19H27NO3S/c1-3-23-16-11-15(21)19(16)5-7-20(8-6-19)18(22)14-10-13(14)17-12(2)4-9-24-17/h4,9,13-16,21H,3,5-8,10-11H2,1-2H3. The third kappa shape index (κ3) is 2.52. The highest BCUT2D eigenvalue weighted by molar-refractivity contribution is 7.10. The molecule has 1 aliphatic heterocycles. The predicted molar refractivity (Wildman–Crippen MR) is 94.2 cm³/mol. The van der Waals surface area contributed by atoms with Gasteiger partial charge in [-0.1, -0.05) is 0 Å². The molecule has 1 N–H and O–H groups in total. The fraction of sp³-hybridized carbons (Fsp3) is 0.737. The number of hydrogen-bond acceptors (Lipinski definition) is 4. The molecule has 24 heavy (non-hydrogen) atoms. The molecular weight excluding hydrogens is 322 g/mol. The maximum Gasteiger partial charge on any atom is 0.226 e. The van der Waals surface area contributed by atoms with E-state index >= 15 is 0 Å². The number of aryl methyl sites for hydroxylation is 1. The van der Waals surface area contributed by atoms with Gasteiger partial charge in [-0.05, 0) is 50.1 Å². The average molecular weight is 349 g/mol. The van der Waals surface area contributed by atoms with Crippen molar-refractivity contribution >= 4 is 17.2 Å². The second kappa shape index (κ2) is 6.11. The Bertz CT molecular complexity index is 618. The van der Waals surface area contributed by atoms with Crippen LogP contribution in [0.4, 0.5) is 0 Å². The molecule has 4 nitrogen and oxygen atoms in total. The van der Waals surface area contributed by atoms with Crippen molar-refractivity contribution in [2.75, 3.05) is 19.7 Å². The summed E-state index contributed by atoms with van der Waals surface area (Å²) in [6.07, 6.45) is 3.43. The number of aliphatic hydroxyl groups is 1. The van der Waals surface area contributed by atoms with E-state index in [0.29, 0.717) is 18.4 Å². The highest BCUT2D eigenvalue weighted by atomic mass is 32.1. The second-order valence-electron chi connectivity index (χ2n) is 7.67. The number of thiophene rings is 1. The molecule has 3 aliphatic rings. The second-order valence-corrected chi connectivity index (χ2v) is 8.62. The van der Waals surface area contributed by atoms with Crippen LogP contribution in [0.5, 0.6) is 0 Å². The van der Waals surface area contributed by atoms with Crippen LogP contribution in [0, 0.1) is 18.3 Å². The normalized spacial score (nSPS) is 34.2. The number of nitrogens with zero attached hydrogens (tertiary/aromatic N) is 1. The summed E-state index contributed by atoms with van der Waals surface area (Å²) in [7, 11) is 0. The molecule has 3 fully saturated rings. The molecule has 132 valence electrons. The van der Waals surface area contributed by atoms with Gasteiger partial charge in [0.1, 0.15) is 0 Å². The molecule has 4 rings (SSSR count). The maximum absolute atomic E-state index is 12.8.